The summed E-state index contributed by atoms with van der Waals surface area (Å²) in [7, 11) is 0. The molecular weight excluding hydrogens is 164 g/mol. The summed E-state index contributed by atoms with van der Waals surface area (Å²) in [5.41, 5.74) is 5.16. The minimum Gasteiger partial charge on any atom is -0.369 e. The van der Waals surface area contributed by atoms with E-state index in [1.165, 1.54) is 0 Å². The van der Waals surface area contributed by atoms with E-state index in [0.717, 1.165) is 19.4 Å². The zero-order chi connectivity index (χ0) is 7.56. The number of rotatable bonds is 1. The van der Waals surface area contributed by atoms with Gasteiger partial charge in [0.2, 0.25) is 5.91 Å². The van der Waals surface area contributed by atoms with Crippen molar-refractivity contribution in [2.24, 2.45) is 11.7 Å². The van der Waals surface area contributed by atoms with Crippen molar-refractivity contribution in [3.63, 3.8) is 0 Å². The largest absolute Gasteiger partial charge is 0.369 e. The molecule has 1 amide bonds. The molecule has 0 aromatic rings. The first-order valence-corrected chi connectivity index (χ1v) is 3.73. The summed E-state index contributed by atoms with van der Waals surface area (Å²) in [4.78, 5) is 10.7. The third kappa shape index (κ3) is 3.08. The standard InChI is InChI=1S/C7H14N2O.ClH/c1-5-4-6(7(8)10)2-3-9-5;/h5-6,9H,2-4H2,1H3,(H2,8,10);1H/t5-,6-;/m0./s1. The Morgan fingerprint density at radius 1 is 1.64 bits per heavy atom. The van der Waals surface area contributed by atoms with Gasteiger partial charge in [-0.3, -0.25) is 4.79 Å². The lowest BCUT2D eigenvalue weighted by Gasteiger charge is -2.25. The van der Waals surface area contributed by atoms with Crippen LogP contribution in [0.25, 0.3) is 0 Å². The highest BCUT2D eigenvalue weighted by Gasteiger charge is 2.21. The fourth-order valence-electron chi connectivity index (χ4n) is 1.39. The Balaban J connectivity index is 0.000001000. The SMILES string of the molecule is C[C@H]1C[C@@H](C(N)=O)CCN1.Cl. The molecule has 1 rings (SSSR count). The summed E-state index contributed by atoms with van der Waals surface area (Å²) < 4.78 is 0. The van der Waals surface area contributed by atoms with E-state index in [1.807, 2.05) is 0 Å². The second-order valence-corrected chi connectivity index (χ2v) is 2.98. The maximum absolute atomic E-state index is 10.7. The summed E-state index contributed by atoms with van der Waals surface area (Å²) in [6.45, 7) is 3.00. The molecule has 4 heteroatoms. The fraction of sp³-hybridized carbons (Fsp3) is 0.857. The zero-order valence-electron chi connectivity index (χ0n) is 6.67. The number of nitrogens with one attached hydrogen (secondary N) is 1. The van der Waals surface area contributed by atoms with Gasteiger partial charge in [0.05, 0.1) is 0 Å². The van der Waals surface area contributed by atoms with E-state index in [2.05, 4.69) is 12.2 Å². The first-order valence-electron chi connectivity index (χ1n) is 3.73. The number of hydrogen-bond acceptors (Lipinski definition) is 2. The molecule has 0 bridgehead atoms. The normalized spacial score (nSPS) is 30.6. The highest BCUT2D eigenvalue weighted by Crippen LogP contribution is 2.14. The van der Waals surface area contributed by atoms with Gasteiger partial charge in [0.15, 0.2) is 0 Å². The van der Waals surface area contributed by atoms with Crippen LogP contribution in [-0.2, 0) is 4.79 Å². The van der Waals surface area contributed by atoms with Crippen LogP contribution in [0.4, 0.5) is 0 Å². The van der Waals surface area contributed by atoms with Crippen LogP contribution >= 0.6 is 12.4 Å². The zero-order valence-corrected chi connectivity index (χ0v) is 7.49. The van der Waals surface area contributed by atoms with Crippen molar-refractivity contribution in [2.45, 2.75) is 25.8 Å². The second-order valence-electron chi connectivity index (χ2n) is 2.98. The average molecular weight is 179 g/mol. The quantitative estimate of drug-likeness (QED) is 0.606. The van der Waals surface area contributed by atoms with E-state index in [0.29, 0.717) is 6.04 Å². The van der Waals surface area contributed by atoms with Crippen molar-refractivity contribution in [1.29, 1.82) is 0 Å². The van der Waals surface area contributed by atoms with E-state index in [9.17, 15) is 4.79 Å². The van der Waals surface area contributed by atoms with Crippen molar-refractivity contribution in [2.75, 3.05) is 6.54 Å². The Morgan fingerprint density at radius 2 is 2.27 bits per heavy atom. The lowest BCUT2D eigenvalue weighted by Crippen LogP contribution is -2.40. The Kier molecular flexibility index (Phi) is 4.45. The average Bonchev–Trinajstić information content (AvgIpc) is 1.88. The third-order valence-corrected chi connectivity index (χ3v) is 2.03. The van der Waals surface area contributed by atoms with Crippen LogP contribution in [0, 0.1) is 5.92 Å². The number of halogens is 1. The third-order valence-electron chi connectivity index (χ3n) is 2.03. The van der Waals surface area contributed by atoms with Crippen LogP contribution in [0.5, 0.6) is 0 Å². The summed E-state index contributed by atoms with van der Waals surface area (Å²) in [5.74, 6) is -0.0374. The van der Waals surface area contributed by atoms with E-state index >= 15 is 0 Å². The van der Waals surface area contributed by atoms with Crippen LogP contribution in [-0.4, -0.2) is 18.5 Å². The van der Waals surface area contributed by atoms with Gasteiger partial charge < -0.3 is 11.1 Å². The highest BCUT2D eigenvalue weighted by atomic mass is 35.5. The van der Waals surface area contributed by atoms with Crippen LogP contribution < -0.4 is 11.1 Å². The van der Waals surface area contributed by atoms with Crippen molar-refractivity contribution < 1.29 is 4.79 Å². The Morgan fingerprint density at radius 3 is 2.64 bits per heavy atom. The number of nitrogens with two attached hydrogens (primary N) is 1. The Hall–Kier alpha value is -0.280. The van der Waals surface area contributed by atoms with E-state index in [4.69, 9.17) is 5.73 Å². The van der Waals surface area contributed by atoms with Gasteiger partial charge in [0.25, 0.3) is 0 Å². The monoisotopic (exact) mass is 178 g/mol. The van der Waals surface area contributed by atoms with Gasteiger partial charge in [-0.2, -0.15) is 0 Å². The van der Waals surface area contributed by atoms with E-state index < -0.39 is 0 Å². The molecule has 0 saturated carbocycles. The van der Waals surface area contributed by atoms with Gasteiger partial charge in [-0.25, -0.2) is 0 Å². The van der Waals surface area contributed by atoms with Gasteiger partial charge in [-0.15, -0.1) is 12.4 Å². The smallest absolute Gasteiger partial charge is 0.220 e. The molecule has 66 valence electrons. The van der Waals surface area contributed by atoms with E-state index in [-0.39, 0.29) is 24.2 Å². The maximum Gasteiger partial charge on any atom is 0.220 e. The number of primary amides is 1. The van der Waals surface area contributed by atoms with Gasteiger partial charge in [0.1, 0.15) is 0 Å². The summed E-state index contributed by atoms with van der Waals surface area (Å²) in [5, 5.41) is 3.26. The van der Waals surface area contributed by atoms with Gasteiger partial charge >= 0.3 is 0 Å². The molecule has 1 heterocycles. The number of carbonyl (C=O) groups is 1. The molecule has 2 atom stereocenters. The summed E-state index contributed by atoms with van der Waals surface area (Å²) in [6, 6.07) is 0.450. The number of piperidine rings is 1. The van der Waals surface area contributed by atoms with Crippen molar-refractivity contribution >= 4 is 18.3 Å². The number of carbonyl (C=O) groups excluding carboxylic acids is 1. The molecule has 1 saturated heterocycles. The lowest BCUT2D eigenvalue weighted by molar-refractivity contribution is -0.122. The molecule has 0 radical (unpaired) electrons. The predicted molar refractivity (Wildman–Crippen MR) is 46.6 cm³/mol. The predicted octanol–water partition coefficient (Wildman–Crippen LogP) is 0.282. The molecule has 3 N–H and O–H groups in total. The van der Waals surface area contributed by atoms with Gasteiger partial charge in [0, 0.05) is 12.0 Å². The van der Waals surface area contributed by atoms with E-state index in [1.54, 1.807) is 0 Å². The van der Waals surface area contributed by atoms with Crippen LogP contribution in [0.3, 0.4) is 0 Å². The van der Waals surface area contributed by atoms with Crippen LogP contribution in [0.2, 0.25) is 0 Å². The molecule has 1 aliphatic heterocycles. The summed E-state index contributed by atoms with van der Waals surface area (Å²) in [6.07, 6.45) is 1.80. The fourth-order valence-corrected chi connectivity index (χ4v) is 1.39. The Bertz CT molecular complexity index is 140. The lowest BCUT2D eigenvalue weighted by atomic mass is 9.93. The second kappa shape index (κ2) is 4.57. The minimum absolute atomic E-state index is 0. The molecule has 0 spiro atoms. The molecule has 3 nitrogen and oxygen atoms in total. The van der Waals surface area contributed by atoms with Gasteiger partial charge in [-0.1, -0.05) is 0 Å². The molecular formula is C7H15ClN2O. The topological polar surface area (TPSA) is 55.1 Å². The number of amides is 1. The highest BCUT2D eigenvalue weighted by molar-refractivity contribution is 5.85. The Labute approximate surface area is 73.1 Å². The molecule has 11 heavy (non-hydrogen) atoms. The van der Waals surface area contributed by atoms with Gasteiger partial charge in [-0.05, 0) is 26.3 Å². The minimum atomic E-state index is -0.145. The van der Waals surface area contributed by atoms with Crippen LogP contribution in [0.15, 0.2) is 0 Å². The van der Waals surface area contributed by atoms with Crippen LogP contribution in [0.1, 0.15) is 19.8 Å². The summed E-state index contributed by atoms with van der Waals surface area (Å²) >= 11 is 0. The van der Waals surface area contributed by atoms with Crippen molar-refractivity contribution in [1.82, 2.24) is 5.32 Å². The molecule has 0 unspecified atom stereocenters. The number of hydrogen-bond donors (Lipinski definition) is 2. The molecule has 1 fully saturated rings. The molecule has 0 aromatic carbocycles. The molecule has 1 aliphatic rings. The van der Waals surface area contributed by atoms with Crippen molar-refractivity contribution in [3.8, 4) is 0 Å². The first-order chi connectivity index (χ1) is 4.70. The van der Waals surface area contributed by atoms with Crippen molar-refractivity contribution in [3.05, 3.63) is 0 Å². The first kappa shape index (κ1) is 10.7. The molecule has 0 aliphatic carbocycles. The molecule has 0 aromatic heterocycles. The maximum atomic E-state index is 10.7.